The Morgan fingerprint density at radius 2 is 1.90 bits per heavy atom. The van der Waals surface area contributed by atoms with E-state index in [0.717, 1.165) is 25.8 Å². The minimum Gasteiger partial charge on any atom is -0.299 e. The van der Waals surface area contributed by atoms with Crippen LogP contribution in [-0.4, -0.2) is 72.6 Å². The molecule has 0 aliphatic carbocycles. The maximum absolute atomic E-state index is 12.9. The van der Waals surface area contributed by atoms with Gasteiger partial charge in [-0.3, -0.25) is 4.90 Å². The Morgan fingerprint density at radius 1 is 1.20 bits per heavy atom. The van der Waals surface area contributed by atoms with Crippen molar-refractivity contribution < 1.29 is 8.42 Å². The minimum atomic E-state index is -3.39. The average Bonchev–Trinajstić information content (AvgIpc) is 2.41. The molecule has 2 aliphatic heterocycles. The van der Waals surface area contributed by atoms with E-state index >= 15 is 0 Å². The highest BCUT2D eigenvalue weighted by molar-refractivity contribution is 7.86. The first kappa shape index (κ1) is 16.5. The van der Waals surface area contributed by atoms with E-state index in [-0.39, 0.29) is 11.6 Å². The van der Waals surface area contributed by atoms with Crippen molar-refractivity contribution in [2.24, 2.45) is 0 Å². The fourth-order valence-electron chi connectivity index (χ4n) is 2.97. The van der Waals surface area contributed by atoms with Crippen LogP contribution in [0.25, 0.3) is 0 Å². The van der Waals surface area contributed by atoms with Crippen LogP contribution in [0.2, 0.25) is 0 Å². The highest BCUT2D eigenvalue weighted by Crippen LogP contribution is 2.27. The van der Waals surface area contributed by atoms with Crippen molar-refractivity contribution in [1.29, 1.82) is 0 Å². The SMILES string of the molecule is CN1CCN(S(=O)(=O)N2CCCCC2CCl)CC1(C)C. The molecule has 0 aromatic carbocycles. The van der Waals surface area contributed by atoms with Gasteiger partial charge in [0.15, 0.2) is 0 Å². The maximum atomic E-state index is 12.9. The lowest BCUT2D eigenvalue weighted by atomic mass is 10.0. The number of hydrogen-bond acceptors (Lipinski definition) is 3. The summed E-state index contributed by atoms with van der Waals surface area (Å²) in [5.74, 6) is 0.385. The maximum Gasteiger partial charge on any atom is 0.282 e. The van der Waals surface area contributed by atoms with Crippen molar-refractivity contribution in [2.45, 2.75) is 44.7 Å². The quantitative estimate of drug-likeness (QED) is 0.736. The Bertz CT molecular complexity index is 441. The fraction of sp³-hybridized carbons (Fsp3) is 1.00. The highest BCUT2D eigenvalue weighted by Gasteiger charge is 2.41. The van der Waals surface area contributed by atoms with E-state index in [1.807, 2.05) is 7.05 Å². The predicted octanol–water partition coefficient (Wildman–Crippen LogP) is 1.35. The van der Waals surface area contributed by atoms with Gasteiger partial charge in [0.1, 0.15) is 0 Å². The Labute approximate surface area is 128 Å². The summed E-state index contributed by atoms with van der Waals surface area (Å²) in [5.41, 5.74) is -0.127. The van der Waals surface area contributed by atoms with Crippen LogP contribution < -0.4 is 0 Å². The Kier molecular flexibility index (Phi) is 5.02. The molecule has 0 N–H and O–H groups in total. The zero-order chi connectivity index (χ0) is 15.0. The molecule has 0 saturated carbocycles. The van der Waals surface area contributed by atoms with E-state index in [9.17, 15) is 8.42 Å². The Balaban J connectivity index is 2.17. The first-order chi connectivity index (χ1) is 9.29. The Hall–Kier alpha value is 0.120. The van der Waals surface area contributed by atoms with E-state index in [4.69, 9.17) is 11.6 Å². The molecule has 2 heterocycles. The molecule has 0 bridgehead atoms. The molecule has 0 aromatic heterocycles. The van der Waals surface area contributed by atoms with E-state index in [1.54, 1.807) is 8.61 Å². The fourth-order valence-corrected chi connectivity index (χ4v) is 5.38. The number of piperidine rings is 1. The molecular formula is C13H26ClN3O2S. The van der Waals surface area contributed by atoms with E-state index < -0.39 is 10.2 Å². The summed E-state index contributed by atoms with van der Waals surface area (Å²) in [4.78, 5) is 2.22. The van der Waals surface area contributed by atoms with E-state index in [0.29, 0.717) is 25.5 Å². The van der Waals surface area contributed by atoms with Crippen molar-refractivity contribution >= 4 is 21.8 Å². The van der Waals surface area contributed by atoms with Gasteiger partial charge in [-0.2, -0.15) is 17.0 Å². The summed E-state index contributed by atoms with van der Waals surface area (Å²) in [7, 11) is -1.34. The third kappa shape index (κ3) is 3.14. The summed E-state index contributed by atoms with van der Waals surface area (Å²) in [6.07, 6.45) is 2.88. The number of hydrogen-bond donors (Lipinski definition) is 0. The van der Waals surface area contributed by atoms with E-state index in [1.165, 1.54) is 0 Å². The normalized spacial score (nSPS) is 30.5. The lowest BCUT2D eigenvalue weighted by Gasteiger charge is -2.46. The van der Waals surface area contributed by atoms with Crippen LogP contribution in [0.5, 0.6) is 0 Å². The smallest absolute Gasteiger partial charge is 0.282 e. The zero-order valence-corrected chi connectivity index (χ0v) is 14.3. The van der Waals surface area contributed by atoms with E-state index in [2.05, 4.69) is 18.7 Å². The van der Waals surface area contributed by atoms with Gasteiger partial charge in [0.2, 0.25) is 0 Å². The number of alkyl halides is 1. The zero-order valence-electron chi connectivity index (χ0n) is 12.7. The Morgan fingerprint density at radius 3 is 2.50 bits per heavy atom. The van der Waals surface area contributed by atoms with Gasteiger partial charge in [-0.15, -0.1) is 11.6 Å². The van der Waals surface area contributed by atoms with Crippen LogP contribution >= 0.6 is 11.6 Å². The molecule has 5 nitrogen and oxygen atoms in total. The van der Waals surface area contributed by atoms with Gasteiger partial charge in [-0.25, -0.2) is 0 Å². The molecule has 0 spiro atoms. The second-order valence-electron chi connectivity index (χ2n) is 6.49. The topological polar surface area (TPSA) is 43.9 Å². The third-order valence-corrected chi connectivity index (χ3v) is 7.05. The van der Waals surface area contributed by atoms with Crippen molar-refractivity contribution in [3.63, 3.8) is 0 Å². The molecule has 2 aliphatic rings. The number of likely N-dealkylation sites (N-methyl/N-ethyl adjacent to an activating group) is 1. The number of piperazine rings is 1. The van der Waals surface area contributed by atoms with Crippen molar-refractivity contribution in [3.8, 4) is 0 Å². The molecular weight excluding hydrogens is 298 g/mol. The molecule has 2 rings (SSSR count). The lowest BCUT2D eigenvalue weighted by molar-refractivity contribution is 0.0748. The summed E-state index contributed by atoms with van der Waals surface area (Å²) in [6, 6.07) is -0.0433. The first-order valence-corrected chi connectivity index (χ1v) is 9.26. The molecule has 0 radical (unpaired) electrons. The van der Waals surface area contributed by atoms with Crippen LogP contribution in [0.3, 0.4) is 0 Å². The van der Waals surface area contributed by atoms with Crippen molar-refractivity contribution in [3.05, 3.63) is 0 Å². The summed E-state index contributed by atoms with van der Waals surface area (Å²) in [6.45, 7) is 6.65. The summed E-state index contributed by atoms with van der Waals surface area (Å²) in [5, 5.41) is 0. The predicted molar refractivity (Wildman–Crippen MR) is 82.3 cm³/mol. The number of rotatable bonds is 3. The molecule has 1 atom stereocenters. The molecule has 20 heavy (non-hydrogen) atoms. The van der Waals surface area contributed by atoms with Crippen LogP contribution in [0.4, 0.5) is 0 Å². The molecule has 0 aromatic rings. The monoisotopic (exact) mass is 323 g/mol. The van der Waals surface area contributed by atoms with Crippen LogP contribution in [-0.2, 0) is 10.2 Å². The van der Waals surface area contributed by atoms with Gasteiger partial charge in [-0.1, -0.05) is 6.42 Å². The van der Waals surface area contributed by atoms with Crippen LogP contribution in [0.1, 0.15) is 33.1 Å². The van der Waals surface area contributed by atoms with Gasteiger partial charge in [-0.05, 0) is 33.7 Å². The first-order valence-electron chi connectivity index (χ1n) is 7.33. The number of halogens is 1. The number of nitrogens with zero attached hydrogens (tertiary/aromatic N) is 3. The largest absolute Gasteiger partial charge is 0.299 e. The molecule has 7 heteroatoms. The van der Waals surface area contributed by atoms with Gasteiger partial charge >= 0.3 is 0 Å². The molecule has 2 fully saturated rings. The second-order valence-corrected chi connectivity index (χ2v) is 8.68. The molecule has 1 unspecified atom stereocenters. The van der Waals surface area contributed by atoms with Gasteiger partial charge < -0.3 is 0 Å². The standard InChI is InChI=1S/C13H26ClN3O2S/c1-13(2)11-16(9-8-15(13)3)20(18,19)17-7-5-4-6-12(17)10-14/h12H,4-11H2,1-3H3. The van der Waals surface area contributed by atoms with Gasteiger partial charge in [0.05, 0.1) is 0 Å². The van der Waals surface area contributed by atoms with Gasteiger partial charge in [0.25, 0.3) is 10.2 Å². The third-order valence-electron chi connectivity index (χ3n) is 4.66. The second kappa shape index (κ2) is 6.08. The summed E-state index contributed by atoms with van der Waals surface area (Å²) >= 11 is 5.97. The van der Waals surface area contributed by atoms with Crippen molar-refractivity contribution in [1.82, 2.24) is 13.5 Å². The minimum absolute atomic E-state index is 0.0433. The lowest BCUT2D eigenvalue weighted by Crippen LogP contribution is -2.62. The summed E-state index contributed by atoms with van der Waals surface area (Å²) < 4.78 is 29.0. The molecule has 2 saturated heterocycles. The van der Waals surface area contributed by atoms with Crippen LogP contribution in [0.15, 0.2) is 0 Å². The average molecular weight is 324 g/mol. The van der Waals surface area contributed by atoms with Crippen molar-refractivity contribution in [2.75, 3.05) is 39.1 Å². The molecule has 0 amide bonds. The van der Waals surface area contributed by atoms with Crippen LogP contribution in [0, 0.1) is 0 Å². The highest BCUT2D eigenvalue weighted by atomic mass is 35.5. The van der Waals surface area contributed by atoms with Gasteiger partial charge in [0, 0.05) is 43.6 Å². The molecule has 118 valence electrons.